The molecule has 0 unspecified atom stereocenters. The van der Waals surface area contributed by atoms with Crippen molar-refractivity contribution >= 4 is 16.3 Å². The van der Waals surface area contributed by atoms with Crippen molar-refractivity contribution in [3.05, 3.63) is 89.5 Å². The molecule has 156 valence electrons. The third kappa shape index (κ3) is 4.87. The van der Waals surface area contributed by atoms with Crippen LogP contribution in [0.4, 0.5) is 0 Å². The predicted molar refractivity (Wildman–Crippen MR) is 114 cm³/mol. The Balaban J connectivity index is 1.99. The van der Waals surface area contributed by atoms with E-state index in [0.717, 1.165) is 11.1 Å². The van der Waals surface area contributed by atoms with E-state index in [0.29, 0.717) is 23.3 Å². The lowest BCUT2D eigenvalue weighted by Crippen LogP contribution is -2.30. The lowest BCUT2D eigenvalue weighted by atomic mass is 10.2. The number of ether oxygens (including phenoxy) is 2. The monoisotopic (exact) mass is 425 g/mol. The first-order valence-electron chi connectivity index (χ1n) is 9.28. The van der Waals surface area contributed by atoms with E-state index in [1.54, 1.807) is 32.4 Å². The summed E-state index contributed by atoms with van der Waals surface area (Å²) < 4.78 is 38.8. The summed E-state index contributed by atoms with van der Waals surface area (Å²) in [6.45, 7) is 0.299. The van der Waals surface area contributed by atoms with Gasteiger partial charge in [0.2, 0.25) is 10.0 Å². The number of para-hydroxylation sites is 1. The van der Waals surface area contributed by atoms with Gasteiger partial charge in [-0.3, -0.25) is 4.79 Å². The number of rotatable bonds is 9. The van der Waals surface area contributed by atoms with Gasteiger partial charge in [-0.15, -0.1) is 0 Å². The SMILES string of the molecule is COc1ccc(CN(Cc2ccccc2OC)S(=O)(=O)c2ccc(C=O)cc2)cc1. The number of sulfonamides is 1. The Morgan fingerprint density at radius 1 is 0.833 bits per heavy atom. The zero-order valence-corrected chi connectivity index (χ0v) is 17.6. The number of benzene rings is 3. The zero-order chi connectivity index (χ0) is 21.6. The fourth-order valence-electron chi connectivity index (χ4n) is 3.05. The van der Waals surface area contributed by atoms with Gasteiger partial charge in [0.1, 0.15) is 17.8 Å². The molecule has 0 atom stereocenters. The maximum absolute atomic E-state index is 13.4. The van der Waals surface area contributed by atoms with E-state index in [1.807, 2.05) is 30.3 Å². The molecule has 0 aromatic heterocycles. The van der Waals surface area contributed by atoms with E-state index in [1.165, 1.54) is 28.6 Å². The highest BCUT2D eigenvalue weighted by molar-refractivity contribution is 7.89. The number of nitrogens with zero attached hydrogens (tertiary/aromatic N) is 1. The molecular weight excluding hydrogens is 402 g/mol. The van der Waals surface area contributed by atoms with Gasteiger partial charge in [0.05, 0.1) is 19.1 Å². The zero-order valence-electron chi connectivity index (χ0n) is 16.8. The lowest BCUT2D eigenvalue weighted by molar-refractivity contribution is 0.112. The number of methoxy groups -OCH3 is 2. The summed E-state index contributed by atoms with van der Waals surface area (Å²) in [5.74, 6) is 1.31. The first kappa shape index (κ1) is 21.5. The second-order valence-electron chi connectivity index (χ2n) is 6.62. The Bertz CT molecular complexity index is 1090. The van der Waals surface area contributed by atoms with Crippen molar-refractivity contribution in [2.75, 3.05) is 14.2 Å². The molecule has 0 aliphatic rings. The van der Waals surface area contributed by atoms with Gasteiger partial charge in [-0.05, 0) is 35.9 Å². The Labute approximate surface area is 176 Å². The molecule has 3 aromatic carbocycles. The summed E-state index contributed by atoms with van der Waals surface area (Å²) in [7, 11) is -0.698. The van der Waals surface area contributed by atoms with Crippen LogP contribution >= 0.6 is 0 Å². The first-order chi connectivity index (χ1) is 14.5. The molecule has 0 spiro atoms. The Morgan fingerprint density at radius 3 is 2.10 bits per heavy atom. The number of aldehydes is 1. The molecular formula is C23H23NO5S. The van der Waals surface area contributed by atoms with Crippen molar-refractivity contribution in [1.82, 2.24) is 4.31 Å². The van der Waals surface area contributed by atoms with Crippen LogP contribution in [0.15, 0.2) is 77.7 Å². The number of carbonyl (C=O) groups excluding carboxylic acids is 1. The minimum atomic E-state index is -3.83. The predicted octanol–water partition coefficient (Wildman–Crippen LogP) is 3.91. The highest BCUT2D eigenvalue weighted by Gasteiger charge is 2.26. The van der Waals surface area contributed by atoms with Gasteiger partial charge >= 0.3 is 0 Å². The van der Waals surface area contributed by atoms with Gasteiger partial charge in [0.15, 0.2) is 0 Å². The van der Waals surface area contributed by atoms with Crippen molar-refractivity contribution in [3.63, 3.8) is 0 Å². The van der Waals surface area contributed by atoms with Crippen molar-refractivity contribution in [2.24, 2.45) is 0 Å². The Hall–Kier alpha value is -3.16. The molecule has 6 nitrogen and oxygen atoms in total. The van der Waals surface area contributed by atoms with E-state index >= 15 is 0 Å². The van der Waals surface area contributed by atoms with Crippen molar-refractivity contribution in [3.8, 4) is 11.5 Å². The highest BCUT2D eigenvalue weighted by Crippen LogP contribution is 2.26. The van der Waals surface area contributed by atoms with E-state index < -0.39 is 10.0 Å². The summed E-state index contributed by atoms with van der Waals surface area (Å²) in [5.41, 5.74) is 1.99. The molecule has 7 heteroatoms. The number of carbonyl (C=O) groups is 1. The molecule has 0 radical (unpaired) electrons. The standard InChI is InChI=1S/C23H23NO5S/c1-28-21-11-7-18(8-12-21)15-24(16-20-5-3-4-6-23(20)29-2)30(26,27)22-13-9-19(17-25)10-14-22/h3-14,17H,15-16H2,1-2H3. The Kier molecular flexibility index (Phi) is 6.87. The average Bonchev–Trinajstić information content (AvgIpc) is 2.79. The van der Waals surface area contributed by atoms with Crippen LogP contribution in [0.3, 0.4) is 0 Å². The highest BCUT2D eigenvalue weighted by atomic mass is 32.2. The number of hydrogen-bond acceptors (Lipinski definition) is 5. The normalized spacial score (nSPS) is 11.3. The van der Waals surface area contributed by atoms with E-state index in [2.05, 4.69) is 0 Å². The van der Waals surface area contributed by atoms with Gasteiger partial charge in [-0.2, -0.15) is 4.31 Å². The van der Waals surface area contributed by atoms with Gasteiger partial charge in [-0.1, -0.05) is 42.5 Å². The van der Waals surface area contributed by atoms with Gasteiger partial charge in [-0.25, -0.2) is 8.42 Å². The van der Waals surface area contributed by atoms with Gasteiger partial charge < -0.3 is 9.47 Å². The molecule has 3 rings (SSSR count). The van der Waals surface area contributed by atoms with E-state index in [-0.39, 0.29) is 18.0 Å². The lowest BCUT2D eigenvalue weighted by Gasteiger charge is -2.23. The molecule has 3 aromatic rings. The fourth-order valence-corrected chi connectivity index (χ4v) is 4.46. The van der Waals surface area contributed by atoms with Crippen molar-refractivity contribution in [1.29, 1.82) is 0 Å². The molecule has 0 bridgehead atoms. The molecule has 0 saturated carbocycles. The number of hydrogen-bond donors (Lipinski definition) is 0. The fraction of sp³-hybridized carbons (Fsp3) is 0.174. The smallest absolute Gasteiger partial charge is 0.243 e. The quantitative estimate of drug-likeness (QED) is 0.486. The molecule has 0 aliphatic heterocycles. The van der Waals surface area contributed by atoms with Gasteiger partial charge in [0, 0.05) is 24.2 Å². The van der Waals surface area contributed by atoms with Crippen LogP contribution in [-0.4, -0.2) is 33.2 Å². The average molecular weight is 426 g/mol. The van der Waals surface area contributed by atoms with Crippen molar-refractivity contribution in [2.45, 2.75) is 18.0 Å². The summed E-state index contributed by atoms with van der Waals surface area (Å²) in [6, 6.07) is 20.4. The molecule has 0 fully saturated rings. The van der Waals surface area contributed by atoms with Gasteiger partial charge in [0.25, 0.3) is 0 Å². The second-order valence-corrected chi connectivity index (χ2v) is 8.56. The maximum atomic E-state index is 13.4. The largest absolute Gasteiger partial charge is 0.497 e. The Morgan fingerprint density at radius 2 is 1.50 bits per heavy atom. The molecule has 0 saturated heterocycles. The summed E-state index contributed by atoms with van der Waals surface area (Å²) >= 11 is 0. The summed E-state index contributed by atoms with van der Waals surface area (Å²) in [4.78, 5) is 11.0. The van der Waals surface area contributed by atoms with Crippen LogP contribution in [-0.2, 0) is 23.1 Å². The third-order valence-corrected chi connectivity index (χ3v) is 6.52. The molecule has 0 amide bonds. The van der Waals surface area contributed by atoms with Crippen LogP contribution < -0.4 is 9.47 Å². The summed E-state index contributed by atoms with van der Waals surface area (Å²) in [6.07, 6.45) is 0.681. The minimum Gasteiger partial charge on any atom is -0.497 e. The third-order valence-electron chi connectivity index (χ3n) is 4.71. The minimum absolute atomic E-state index is 0.122. The van der Waals surface area contributed by atoms with Crippen LogP contribution in [0.1, 0.15) is 21.5 Å². The van der Waals surface area contributed by atoms with Crippen LogP contribution in [0.25, 0.3) is 0 Å². The van der Waals surface area contributed by atoms with Crippen molar-refractivity contribution < 1.29 is 22.7 Å². The van der Waals surface area contributed by atoms with Crippen LogP contribution in [0.5, 0.6) is 11.5 Å². The molecule has 0 N–H and O–H groups in total. The summed E-state index contributed by atoms with van der Waals surface area (Å²) in [5, 5.41) is 0. The second kappa shape index (κ2) is 9.56. The topological polar surface area (TPSA) is 72.9 Å². The van der Waals surface area contributed by atoms with Crippen LogP contribution in [0, 0.1) is 0 Å². The van der Waals surface area contributed by atoms with Crippen LogP contribution in [0.2, 0.25) is 0 Å². The molecule has 0 aliphatic carbocycles. The van der Waals surface area contributed by atoms with E-state index in [4.69, 9.17) is 9.47 Å². The first-order valence-corrected chi connectivity index (χ1v) is 10.7. The molecule has 30 heavy (non-hydrogen) atoms. The van der Waals surface area contributed by atoms with E-state index in [9.17, 15) is 13.2 Å². The maximum Gasteiger partial charge on any atom is 0.243 e. The molecule has 0 heterocycles.